The Kier molecular flexibility index (Phi) is 6.91. The second-order valence-electron chi connectivity index (χ2n) is 7.78. The molecule has 1 aliphatic heterocycles. The van der Waals surface area contributed by atoms with E-state index in [0.717, 1.165) is 25.9 Å². The van der Waals surface area contributed by atoms with Gasteiger partial charge in [-0.3, -0.25) is 4.90 Å². The zero-order valence-corrected chi connectivity index (χ0v) is 18.1. The fraction of sp³-hybridized carbons (Fsp3) is 0.478. The highest BCUT2D eigenvalue weighted by Crippen LogP contribution is 2.32. The van der Waals surface area contributed by atoms with Crippen LogP contribution in [0.2, 0.25) is 0 Å². The van der Waals surface area contributed by atoms with E-state index >= 15 is 0 Å². The lowest BCUT2D eigenvalue weighted by Crippen LogP contribution is -2.50. The summed E-state index contributed by atoms with van der Waals surface area (Å²) in [5.41, 5.74) is 5.10. The fourth-order valence-electron chi connectivity index (χ4n) is 3.97. The lowest BCUT2D eigenvalue weighted by Gasteiger charge is -2.39. The van der Waals surface area contributed by atoms with Gasteiger partial charge in [-0.15, -0.1) is 0 Å². The molecule has 0 unspecified atom stereocenters. The van der Waals surface area contributed by atoms with Crippen molar-refractivity contribution in [1.82, 2.24) is 9.21 Å². The van der Waals surface area contributed by atoms with Gasteiger partial charge in [0.15, 0.2) is 0 Å². The summed E-state index contributed by atoms with van der Waals surface area (Å²) >= 11 is 0. The van der Waals surface area contributed by atoms with Crippen molar-refractivity contribution >= 4 is 10.0 Å². The SMILES string of the molecule is CCCCS(=O)(=O)N1CCN([C@@H](c2ccccc2)c2cc(C)ccc2C)CC1. The number of unbranched alkanes of at least 4 members (excludes halogenated alkanes) is 1. The molecule has 0 saturated carbocycles. The number of sulfonamides is 1. The highest BCUT2D eigenvalue weighted by molar-refractivity contribution is 7.89. The van der Waals surface area contributed by atoms with Crippen LogP contribution in [-0.4, -0.2) is 49.6 Å². The average molecular weight is 401 g/mol. The third-order valence-electron chi connectivity index (χ3n) is 5.63. The molecule has 0 aromatic heterocycles. The molecule has 1 aliphatic rings. The molecule has 1 heterocycles. The summed E-state index contributed by atoms with van der Waals surface area (Å²) in [6.45, 7) is 8.96. The van der Waals surface area contributed by atoms with Crippen molar-refractivity contribution in [2.75, 3.05) is 31.9 Å². The molecule has 5 heteroatoms. The van der Waals surface area contributed by atoms with Gasteiger partial charge in [-0.1, -0.05) is 67.4 Å². The smallest absolute Gasteiger partial charge is 0.214 e. The van der Waals surface area contributed by atoms with Crippen LogP contribution in [0.3, 0.4) is 0 Å². The Balaban J connectivity index is 1.84. The first-order valence-corrected chi connectivity index (χ1v) is 11.9. The van der Waals surface area contributed by atoms with Gasteiger partial charge in [0.25, 0.3) is 0 Å². The Bertz CT molecular complexity index is 873. The molecule has 0 amide bonds. The molecule has 0 aliphatic carbocycles. The third-order valence-corrected chi connectivity index (χ3v) is 7.59. The fourth-order valence-corrected chi connectivity index (χ4v) is 5.60. The minimum absolute atomic E-state index is 0.154. The summed E-state index contributed by atoms with van der Waals surface area (Å²) in [6.07, 6.45) is 1.64. The van der Waals surface area contributed by atoms with Crippen LogP contribution in [-0.2, 0) is 10.0 Å². The molecule has 0 bridgehead atoms. The van der Waals surface area contributed by atoms with E-state index in [9.17, 15) is 8.42 Å². The maximum Gasteiger partial charge on any atom is 0.214 e. The Morgan fingerprint density at radius 3 is 2.29 bits per heavy atom. The predicted octanol–water partition coefficient (Wildman–Crippen LogP) is 4.14. The van der Waals surface area contributed by atoms with Crippen LogP contribution < -0.4 is 0 Å². The number of rotatable bonds is 7. The summed E-state index contributed by atoms with van der Waals surface area (Å²) in [5.74, 6) is 0.266. The van der Waals surface area contributed by atoms with Crippen molar-refractivity contribution in [2.45, 2.75) is 39.7 Å². The molecule has 0 radical (unpaired) electrons. The molecule has 3 rings (SSSR count). The van der Waals surface area contributed by atoms with Gasteiger partial charge in [0, 0.05) is 26.2 Å². The topological polar surface area (TPSA) is 40.6 Å². The van der Waals surface area contributed by atoms with E-state index in [2.05, 4.69) is 61.2 Å². The molecule has 28 heavy (non-hydrogen) atoms. The molecule has 2 aromatic carbocycles. The predicted molar refractivity (Wildman–Crippen MR) is 116 cm³/mol. The van der Waals surface area contributed by atoms with Crippen LogP contribution in [0.5, 0.6) is 0 Å². The molecule has 1 fully saturated rings. The number of hydrogen-bond donors (Lipinski definition) is 0. The highest BCUT2D eigenvalue weighted by Gasteiger charge is 2.31. The van der Waals surface area contributed by atoms with E-state index in [1.54, 1.807) is 4.31 Å². The average Bonchev–Trinajstić information content (AvgIpc) is 2.70. The van der Waals surface area contributed by atoms with E-state index in [0.29, 0.717) is 13.1 Å². The van der Waals surface area contributed by atoms with Gasteiger partial charge in [-0.05, 0) is 37.0 Å². The summed E-state index contributed by atoms with van der Waals surface area (Å²) in [4.78, 5) is 2.43. The van der Waals surface area contributed by atoms with Gasteiger partial charge >= 0.3 is 0 Å². The molecule has 1 saturated heterocycles. The largest absolute Gasteiger partial charge is 0.290 e. The van der Waals surface area contributed by atoms with Gasteiger partial charge in [-0.25, -0.2) is 8.42 Å². The second-order valence-corrected chi connectivity index (χ2v) is 9.87. The van der Waals surface area contributed by atoms with E-state index in [4.69, 9.17) is 0 Å². The van der Waals surface area contributed by atoms with Gasteiger partial charge in [0.2, 0.25) is 10.0 Å². The lowest BCUT2D eigenvalue weighted by atomic mass is 9.92. The highest BCUT2D eigenvalue weighted by atomic mass is 32.2. The minimum atomic E-state index is -3.13. The maximum atomic E-state index is 12.6. The summed E-state index contributed by atoms with van der Waals surface area (Å²) in [6, 6.07) is 17.3. The lowest BCUT2D eigenvalue weighted by molar-refractivity contribution is 0.155. The van der Waals surface area contributed by atoms with Crippen LogP contribution in [0.4, 0.5) is 0 Å². The molecule has 1 atom stereocenters. The van der Waals surface area contributed by atoms with E-state index in [1.165, 1.54) is 22.3 Å². The standard InChI is InChI=1S/C23H32N2O2S/c1-4-5-17-28(26,27)25-15-13-24(14-16-25)23(21-9-7-6-8-10-21)22-18-19(2)11-12-20(22)3/h6-12,18,23H,4-5,13-17H2,1-3H3/t23-/m0/s1. The van der Waals surface area contributed by atoms with E-state index < -0.39 is 10.0 Å². The van der Waals surface area contributed by atoms with Crippen molar-refractivity contribution in [3.63, 3.8) is 0 Å². The van der Waals surface area contributed by atoms with Gasteiger partial charge in [0.05, 0.1) is 11.8 Å². The zero-order chi connectivity index (χ0) is 20.1. The van der Waals surface area contributed by atoms with E-state index in [-0.39, 0.29) is 11.8 Å². The number of benzene rings is 2. The van der Waals surface area contributed by atoms with Crippen molar-refractivity contribution in [1.29, 1.82) is 0 Å². The summed E-state index contributed by atoms with van der Waals surface area (Å²) < 4.78 is 26.8. The second kappa shape index (κ2) is 9.21. The normalized spacial score (nSPS) is 17.5. The van der Waals surface area contributed by atoms with Crippen LogP contribution in [0.25, 0.3) is 0 Å². The number of hydrogen-bond acceptors (Lipinski definition) is 3. The monoisotopic (exact) mass is 400 g/mol. The van der Waals surface area contributed by atoms with Crippen molar-refractivity contribution in [2.24, 2.45) is 0 Å². The van der Waals surface area contributed by atoms with Crippen LogP contribution in [0.15, 0.2) is 48.5 Å². The summed E-state index contributed by atoms with van der Waals surface area (Å²) in [7, 11) is -3.13. The first-order valence-electron chi connectivity index (χ1n) is 10.3. The van der Waals surface area contributed by atoms with Gasteiger partial charge < -0.3 is 0 Å². The quantitative estimate of drug-likeness (QED) is 0.701. The number of piperazine rings is 1. The van der Waals surface area contributed by atoms with Crippen molar-refractivity contribution in [3.8, 4) is 0 Å². The van der Waals surface area contributed by atoms with Crippen molar-refractivity contribution < 1.29 is 8.42 Å². The van der Waals surface area contributed by atoms with Crippen LogP contribution in [0.1, 0.15) is 48.1 Å². The summed E-state index contributed by atoms with van der Waals surface area (Å²) in [5, 5.41) is 0. The Hall–Kier alpha value is -1.69. The maximum absolute atomic E-state index is 12.6. The van der Waals surface area contributed by atoms with Crippen molar-refractivity contribution in [3.05, 3.63) is 70.8 Å². The number of nitrogens with zero attached hydrogens (tertiary/aromatic N) is 2. The Morgan fingerprint density at radius 1 is 0.964 bits per heavy atom. The first-order chi connectivity index (χ1) is 13.4. The first kappa shape index (κ1) is 21.0. The third kappa shape index (κ3) is 4.83. The molecular weight excluding hydrogens is 368 g/mol. The molecule has 0 spiro atoms. The zero-order valence-electron chi connectivity index (χ0n) is 17.3. The molecule has 152 valence electrons. The minimum Gasteiger partial charge on any atom is -0.290 e. The van der Waals surface area contributed by atoms with Gasteiger partial charge in [0.1, 0.15) is 0 Å². The molecule has 0 N–H and O–H groups in total. The van der Waals surface area contributed by atoms with Gasteiger partial charge in [-0.2, -0.15) is 4.31 Å². The number of aryl methyl sites for hydroxylation is 2. The molecule has 2 aromatic rings. The molecule has 4 nitrogen and oxygen atoms in total. The van der Waals surface area contributed by atoms with Crippen LogP contribution in [0, 0.1) is 13.8 Å². The van der Waals surface area contributed by atoms with Crippen LogP contribution >= 0.6 is 0 Å². The Morgan fingerprint density at radius 2 is 1.64 bits per heavy atom. The van der Waals surface area contributed by atoms with E-state index in [1.807, 2.05) is 13.0 Å². The Labute approximate surface area is 170 Å². The molecular formula is C23H32N2O2S.